The molecule has 1 aromatic rings. The molecule has 0 fully saturated rings. The van der Waals surface area contributed by atoms with E-state index in [0.29, 0.717) is 12.2 Å². The normalized spacial score (nSPS) is 9.95. The van der Waals surface area contributed by atoms with Gasteiger partial charge in [0.15, 0.2) is 11.4 Å². The van der Waals surface area contributed by atoms with E-state index in [-0.39, 0.29) is 5.11 Å². The van der Waals surface area contributed by atoms with Gasteiger partial charge in [-0.05, 0) is 24.4 Å². The highest BCUT2D eigenvalue weighted by molar-refractivity contribution is 7.80. The summed E-state index contributed by atoms with van der Waals surface area (Å²) in [5.41, 5.74) is 5.64. The van der Waals surface area contributed by atoms with Crippen LogP contribution in [0.4, 0.5) is 10.5 Å². The second-order valence-electron chi connectivity index (χ2n) is 3.68. The molecule has 0 saturated heterocycles. The second kappa shape index (κ2) is 9.08. The molecule has 0 unspecified atom stereocenters. The Morgan fingerprint density at radius 3 is 2.45 bits per heavy atom. The molecule has 0 radical (unpaired) electrons. The SMILES string of the molecule is COC(CNC(=S)NNC(=O)Nc1ccccc1)OC. The number of ether oxygens (including phenoxy) is 2. The van der Waals surface area contributed by atoms with Crippen molar-refractivity contribution in [3.63, 3.8) is 0 Å². The summed E-state index contributed by atoms with van der Waals surface area (Å²) in [7, 11) is 3.05. The summed E-state index contributed by atoms with van der Waals surface area (Å²) in [4.78, 5) is 11.5. The first kappa shape index (κ1) is 16.2. The molecule has 1 rings (SSSR count). The molecule has 1 aromatic carbocycles. The van der Waals surface area contributed by atoms with E-state index in [0.717, 1.165) is 0 Å². The molecule has 4 N–H and O–H groups in total. The molecule has 0 atom stereocenters. The van der Waals surface area contributed by atoms with Crippen LogP contribution in [0.3, 0.4) is 0 Å². The van der Waals surface area contributed by atoms with Gasteiger partial charge in [0.05, 0.1) is 6.54 Å². The fourth-order valence-electron chi connectivity index (χ4n) is 1.28. The molecule has 110 valence electrons. The third-order valence-electron chi connectivity index (χ3n) is 2.28. The van der Waals surface area contributed by atoms with Crippen molar-refractivity contribution in [3.05, 3.63) is 30.3 Å². The van der Waals surface area contributed by atoms with E-state index in [1.807, 2.05) is 18.2 Å². The van der Waals surface area contributed by atoms with Gasteiger partial charge in [-0.25, -0.2) is 10.2 Å². The second-order valence-corrected chi connectivity index (χ2v) is 4.09. The van der Waals surface area contributed by atoms with Crippen LogP contribution in [-0.2, 0) is 9.47 Å². The molecule has 2 amide bonds. The van der Waals surface area contributed by atoms with Crippen LogP contribution in [-0.4, -0.2) is 38.2 Å². The molecule has 0 saturated carbocycles. The average Bonchev–Trinajstić information content (AvgIpc) is 2.47. The van der Waals surface area contributed by atoms with Gasteiger partial charge >= 0.3 is 6.03 Å². The molecule has 8 heteroatoms. The Kier molecular flexibility index (Phi) is 7.33. The Morgan fingerprint density at radius 1 is 1.20 bits per heavy atom. The lowest BCUT2D eigenvalue weighted by Crippen LogP contribution is -2.49. The molecule has 0 aromatic heterocycles. The van der Waals surface area contributed by atoms with Crippen LogP contribution < -0.4 is 21.5 Å². The third-order valence-corrected chi connectivity index (χ3v) is 2.52. The quantitative estimate of drug-likeness (QED) is 0.366. The Morgan fingerprint density at radius 2 is 1.85 bits per heavy atom. The van der Waals surface area contributed by atoms with Gasteiger partial charge in [-0.15, -0.1) is 0 Å². The first-order valence-electron chi connectivity index (χ1n) is 5.87. The highest BCUT2D eigenvalue weighted by Crippen LogP contribution is 2.03. The number of hydrazine groups is 1. The number of thiocarbonyl (C=S) groups is 1. The minimum Gasteiger partial charge on any atom is -0.356 e. The highest BCUT2D eigenvalue weighted by atomic mass is 32.1. The molecule has 0 aliphatic heterocycles. The maximum absolute atomic E-state index is 11.5. The van der Waals surface area contributed by atoms with Crippen molar-refractivity contribution in [1.82, 2.24) is 16.2 Å². The first-order valence-corrected chi connectivity index (χ1v) is 6.28. The van der Waals surface area contributed by atoms with Gasteiger partial charge in [-0.3, -0.25) is 5.43 Å². The lowest BCUT2D eigenvalue weighted by molar-refractivity contribution is -0.0965. The molecule has 20 heavy (non-hydrogen) atoms. The van der Waals surface area contributed by atoms with E-state index in [1.54, 1.807) is 12.1 Å². The molecular formula is C12H18N4O3S. The van der Waals surface area contributed by atoms with Crippen LogP contribution in [0.2, 0.25) is 0 Å². The Bertz CT molecular complexity index is 426. The summed E-state index contributed by atoms with van der Waals surface area (Å²) < 4.78 is 9.97. The summed E-state index contributed by atoms with van der Waals surface area (Å²) in [6.45, 7) is 0.362. The number of rotatable bonds is 5. The van der Waals surface area contributed by atoms with Crippen molar-refractivity contribution in [2.75, 3.05) is 26.1 Å². The fourth-order valence-corrected chi connectivity index (χ4v) is 1.41. The summed E-state index contributed by atoms with van der Waals surface area (Å²) >= 11 is 4.98. The molecule has 0 aliphatic carbocycles. The zero-order valence-corrected chi connectivity index (χ0v) is 12.1. The minimum atomic E-state index is -0.421. The van der Waals surface area contributed by atoms with Gasteiger partial charge in [0.25, 0.3) is 0 Å². The summed E-state index contributed by atoms with van der Waals surface area (Å²) in [6, 6.07) is 8.64. The predicted molar refractivity (Wildman–Crippen MR) is 80.1 cm³/mol. The lowest BCUT2D eigenvalue weighted by atomic mass is 10.3. The topological polar surface area (TPSA) is 83.7 Å². The van der Waals surface area contributed by atoms with Crippen molar-refractivity contribution in [2.45, 2.75) is 6.29 Å². The molecule has 0 aliphatic rings. The number of para-hydroxylation sites is 1. The van der Waals surface area contributed by atoms with Crippen LogP contribution in [0.5, 0.6) is 0 Å². The monoisotopic (exact) mass is 298 g/mol. The molecular weight excluding hydrogens is 280 g/mol. The average molecular weight is 298 g/mol. The number of carbonyl (C=O) groups is 1. The van der Waals surface area contributed by atoms with Crippen molar-refractivity contribution in [2.24, 2.45) is 0 Å². The number of methoxy groups -OCH3 is 2. The number of benzene rings is 1. The van der Waals surface area contributed by atoms with Gasteiger partial charge < -0.3 is 20.1 Å². The van der Waals surface area contributed by atoms with E-state index >= 15 is 0 Å². The summed E-state index contributed by atoms with van der Waals surface area (Å²) in [5, 5.41) is 5.72. The lowest BCUT2D eigenvalue weighted by Gasteiger charge is -2.16. The van der Waals surface area contributed by atoms with E-state index in [4.69, 9.17) is 21.7 Å². The predicted octanol–water partition coefficient (Wildman–Crippen LogP) is 0.806. The molecule has 0 heterocycles. The maximum Gasteiger partial charge on any atom is 0.337 e. The van der Waals surface area contributed by atoms with Crippen LogP contribution >= 0.6 is 12.2 Å². The zero-order valence-electron chi connectivity index (χ0n) is 11.3. The van der Waals surface area contributed by atoms with Crippen LogP contribution in [0.25, 0.3) is 0 Å². The van der Waals surface area contributed by atoms with E-state index < -0.39 is 12.3 Å². The first-order chi connectivity index (χ1) is 9.65. The largest absolute Gasteiger partial charge is 0.356 e. The van der Waals surface area contributed by atoms with Crippen molar-refractivity contribution >= 4 is 29.0 Å². The van der Waals surface area contributed by atoms with Crippen LogP contribution in [0.15, 0.2) is 30.3 Å². The van der Waals surface area contributed by atoms with Gasteiger partial charge in [0.1, 0.15) is 0 Å². The standard InChI is InChI=1S/C12H18N4O3S/c1-18-10(19-2)8-13-12(20)16-15-11(17)14-9-6-4-3-5-7-9/h3-7,10H,8H2,1-2H3,(H2,13,16,20)(H2,14,15,17). The number of anilines is 1. The van der Waals surface area contributed by atoms with E-state index in [9.17, 15) is 4.79 Å². The van der Waals surface area contributed by atoms with E-state index in [1.165, 1.54) is 14.2 Å². The Labute approximate surface area is 123 Å². The number of nitrogens with one attached hydrogen (secondary N) is 4. The van der Waals surface area contributed by atoms with Gasteiger partial charge in [0.2, 0.25) is 0 Å². The van der Waals surface area contributed by atoms with Crippen molar-refractivity contribution in [3.8, 4) is 0 Å². The highest BCUT2D eigenvalue weighted by Gasteiger charge is 2.06. The summed E-state index contributed by atoms with van der Waals surface area (Å²) in [5.74, 6) is 0. The number of carbonyl (C=O) groups excluding carboxylic acids is 1. The van der Waals surface area contributed by atoms with Gasteiger partial charge in [-0.1, -0.05) is 18.2 Å². The minimum absolute atomic E-state index is 0.257. The Hall–Kier alpha value is -1.90. The van der Waals surface area contributed by atoms with Crippen molar-refractivity contribution in [1.29, 1.82) is 0 Å². The number of hydrogen-bond donors (Lipinski definition) is 4. The third kappa shape index (κ3) is 6.32. The maximum atomic E-state index is 11.5. The smallest absolute Gasteiger partial charge is 0.337 e. The zero-order chi connectivity index (χ0) is 14.8. The number of amides is 2. The van der Waals surface area contributed by atoms with Crippen molar-refractivity contribution < 1.29 is 14.3 Å². The molecule has 0 bridgehead atoms. The van der Waals surface area contributed by atoms with Gasteiger partial charge in [-0.2, -0.15) is 0 Å². The summed E-state index contributed by atoms with van der Waals surface area (Å²) in [6.07, 6.45) is -0.409. The van der Waals surface area contributed by atoms with Crippen LogP contribution in [0.1, 0.15) is 0 Å². The Balaban J connectivity index is 2.22. The van der Waals surface area contributed by atoms with Crippen LogP contribution in [0, 0.1) is 0 Å². The van der Waals surface area contributed by atoms with Gasteiger partial charge in [0, 0.05) is 19.9 Å². The number of hydrogen-bond acceptors (Lipinski definition) is 4. The molecule has 0 spiro atoms. The fraction of sp³-hybridized carbons (Fsp3) is 0.333. The van der Waals surface area contributed by atoms with E-state index in [2.05, 4.69) is 21.5 Å². The molecule has 7 nitrogen and oxygen atoms in total. The number of urea groups is 1.